The van der Waals surface area contributed by atoms with Crippen LogP contribution in [0.4, 0.5) is 0 Å². The molecule has 0 radical (unpaired) electrons. The minimum Gasteiger partial charge on any atom is -0.454 e. The molecule has 0 aliphatic heterocycles. The molecular weight excluding hydrogens is 306 g/mol. The number of pyridine rings is 1. The van der Waals surface area contributed by atoms with E-state index in [1.807, 2.05) is 18.2 Å². The fourth-order valence-electron chi connectivity index (χ4n) is 2.61. The Morgan fingerprint density at radius 1 is 1.12 bits per heavy atom. The van der Waals surface area contributed by atoms with Crippen molar-refractivity contribution in [3.8, 4) is 11.4 Å². The van der Waals surface area contributed by atoms with E-state index in [2.05, 4.69) is 46.4 Å². The molecule has 1 aromatic carbocycles. The SMILES string of the molecule is CC(C)(C)c1ccc2oc3cc(-c4nn[nH]n4)cnc3c(=O)c2c1. The normalized spacial score (nSPS) is 12.1. The molecule has 0 amide bonds. The number of fused-ring (bicyclic) bond motifs is 2. The van der Waals surface area contributed by atoms with Gasteiger partial charge in [-0.1, -0.05) is 26.8 Å². The Labute approximate surface area is 136 Å². The van der Waals surface area contributed by atoms with Crippen molar-refractivity contribution in [2.24, 2.45) is 0 Å². The lowest BCUT2D eigenvalue weighted by Crippen LogP contribution is -2.12. The van der Waals surface area contributed by atoms with E-state index in [1.165, 1.54) is 0 Å². The summed E-state index contributed by atoms with van der Waals surface area (Å²) >= 11 is 0. The van der Waals surface area contributed by atoms with Crippen molar-refractivity contribution in [3.63, 3.8) is 0 Å². The number of nitrogens with one attached hydrogen (secondary N) is 1. The number of nitrogens with zero attached hydrogens (tertiary/aromatic N) is 4. The number of hydrogen-bond donors (Lipinski definition) is 1. The molecule has 0 atom stereocenters. The molecule has 120 valence electrons. The standard InChI is InChI=1S/C17H15N5O2/c1-17(2,3)10-4-5-12-11(7-10)15(23)14-13(24-12)6-9(8-18-14)16-19-21-22-20-16/h4-8H,1-3H3,(H,19,20,21,22). The second kappa shape index (κ2) is 4.95. The van der Waals surface area contributed by atoms with Gasteiger partial charge in [-0.3, -0.25) is 4.79 Å². The molecule has 0 unspecified atom stereocenters. The second-order valence-corrected chi connectivity index (χ2v) is 6.70. The Morgan fingerprint density at radius 3 is 2.67 bits per heavy atom. The van der Waals surface area contributed by atoms with Crippen LogP contribution in [0.15, 0.2) is 39.7 Å². The summed E-state index contributed by atoms with van der Waals surface area (Å²) in [5.74, 6) is 0.398. The van der Waals surface area contributed by atoms with Crippen LogP contribution in [-0.4, -0.2) is 25.6 Å². The largest absolute Gasteiger partial charge is 0.454 e. The topological polar surface area (TPSA) is 97.6 Å². The van der Waals surface area contributed by atoms with Gasteiger partial charge in [0.05, 0.1) is 5.39 Å². The number of aromatic nitrogens is 5. The van der Waals surface area contributed by atoms with Crippen LogP contribution >= 0.6 is 0 Å². The van der Waals surface area contributed by atoms with E-state index in [4.69, 9.17) is 4.42 Å². The molecule has 1 N–H and O–H groups in total. The molecule has 24 heavy (non-hydrogen) atoms. The van der Waals surface area contributed by atoms with Crippen LogP contribution in [0.1, 0.15) is 26.3 Å². The summed E-state index contributed by atoms with van der Waals surface area (Å²) in [7, 11) is 0. The Bertz CT molecular complexity index is 1110. The maximum absolute atomic E-state index is 12.8. The smallest absolute Gasteiger partial charge is 0.218 e. The third kappa shape index (κ3) is 2.25. The summed E-state index contributed by atoms with van der Waals surface area (Å²) < 4.78 is 5.88. The molecule has 0 spiro atoms. The average Bonchev–Trinajstić information content (AvgIpc) is 3.08. The van der Waals surface area contributed by atoms with E-state index in [-0.39, 0.29) is 10.8 Å². The molecule has 3 heterocycles. The maximum atomic E-state index is 12.8. The van der Waals surface area contributed by atoms with Gasteiger partial charge in [0.15, 0.2) is 11.1 Å². The lowest BCUT2D eigenvalue weighted by molar-refractivity contribution is 0.590. The minimum absolute atomic E-state index is 0.0501. The number of benzene rings is 1. The highest BCUT2D eigenvalue weighted by atomic mass is 16.3. The molecule has 4 rings (SSSR count). The van der Waals surface area contributed by atoms with Crippen LogP contribution < -0.4 is 5.43 Å². The molecule has 0 saturated carbocycles. The van der Waals surface area contributed by atoms with Gasteiger partial charge in [0.2, 0.25) is 11.3 Å². The number of rotatable bonds is 1. The predicted molar refractivity (Wildman–Crippen MR) is 89.7 cm³/mol. The molecule has 0 aliphatic rings. The summed E-state index contributed by atoms with van der Waals surface area (Å²) in [6.45, 7) is 6.31. The summed E-state index contributed by atoms with van der Waals surface area (Å²) in [5, 5.41) is 14.3. The fourth-order valence-corrected chi connectivity index (χ4v) is 2.61. The van der Waals surface area contributed by atoms with Gasteiger partial charge in [-0.15, -0.1) is 10.2 Å². The first kappa shape index (κ1) is 14.5. The van der Waals surface area contributed by atoms with Crippen LogP contribution in [0.2, 0.25) is 0 Å². The van der Waals surface area contributed by atoms with Gasteiger partial charge in [-0.2, -0.15) is 5.21 Å². The highest BCUT2D eigenvalue weighted by Crippen LogP contribution is 2.27. The first-order valence-corrected chi connectivity index (χ1v) is 7.54. The maximum Gasteiger partial charge on any atom is 0.218 e. The predicted octanol–water partition coefficient (Wildman–Crippen LogP) is 2.82. The summed E-state index contributed by atoms with van der Waals surface area (Å²) in [6, 6.07) is 7.40. The summed E-state index contributed by atoms with van der Waals surface area (Å²) in [5.41, 5.74) is 2.74. The molecule has 0 fully saturated rings. The van der Waals surface area contributed by atoms with Gasteiger partial charge in [0, 0.05) is 11.8 Å². The highest BCUT2D eigenvalue weighted by Gasteiger charge is 2.17. The van der Waals surface area contributed by atoms with Crippen molar-refractivity contribution in [1.82, 2.24) is 25.6 Å². The first-order chi connectivity index (χ1) is 11.4. The van der Waals surface area contributed by atoms with Gasteiger partial charge in [0.25, 0.3) is 0 Å². The van der Waals surface area contributed by atoms with Crippen molar-refractivity contribution in [2.45, 2.75) is 26.2 Å². The van der Waals surface area contributed by atoms with Crippen LogP contribution in [0.25, 0.3) is 33.5 Å². The van der Waals surface area contributed by atoms with Gasteiger partial charge in [-0.05, 0) is 34.4 Å². The zero-order valence-corrected chi connectivity index (χ0v) is 13.5. The monoisotopic (exact) mass is 321 g/mol. The number of hydrogen-bond acceptors (Lipinski definition) is 6. The minimum atomic E-state index is -0.142. The van der Waals surface area contributed by atoms with Crippen molar-refractivity contribution >= 4 is 22.1 Å². The lowest BCUT2D eigenvalue weighted by Gasteiger charge is -2.19. The quantitative estimate of drug-likeness (QED) is 0.541. The van der Waals surface area contributed by atoms with Crippen LogP contribution in [-0.2, 0) is 5.41 Å². The number of aromatic amines is 1. The molecule has 3 aromatic heterocycles. The Hall–Kier alpha value is -3.09. The van der Waals surface area contributed by atoms with Gasteiger partial charge >= 0.3 is 0 Å². The first-order valence-electron chi connectivity index (χ1n) is 7.54. The van der Waals surface area contributed by atoms with Crippen LogP contribution in [0, 0.1) is 0 Å². The zero-order chi connectivity index (χ0) is 16.9. The molecular formula is C17H15N5O2. The molecule has 7 nitrogen and oxygen atoms in total. The lowest BCUT2D eigenvalue weighted by atomic mass is 9.86. The van der Waals surface area contributed by atoms with E-state index in [1.54, 1.807) is 12.3 Å². The summed E-state index contributed by atoms with van der Waals surface area (Å²) in [4.78, 5) is 17.0. The Morgan fingerprint density at radius 2 is 1.96 bits per heavy atom. The van der Waals surface area contributed by atoms with Crippen molar-refractivity contribution in [2.75, 3.05) is 0 Å². The number of tetrazole rings is 1. The molecule has 0 bridgehead atoms. The van der Waals surface area contributed by atoms with E-state index < -0.39 is 0 Å². The second-order valence-electron chi connectivity index (χ2n) is 6.70. The van der Waals surface area contributed by atoms with E-state index in [9.17, 15) is 4.79 Å². The van der Waals surface area contributed by atoms with Crippen LogP contribution in [0.5, 0.6) is 0 Å². The Balaban J connectivity index is 1.99. The average molecular weight is 321 g/mol. The van der Waals surface area contributed by atoms with Crippen molar-refractivity contribution in [1.29, 1.82) is 0 Å². The third-order valence-electron chi connectivity index (χ3n) is 3.98. The van der Waals surface area contributed by atoms with Crippen LogP contribution in [0.3, 0.4) is 0 Å². The van der Waals surface area contributed by atoms with E-state index >= 15 is 0 Å². The zero-order valence-electron chi connectivity index (χ0n) is 13.5. The van der Waals surface area contributed by atoms with Crippen molar-refractivity contribution < 1.29 is 4.42 Å². The molecule has 4 aromatic rings. The van der Waals surface area contributed by atoms with Gasteiger partial charge < -0.3 is 4.42 Å². The van der Waals surface area contributed by atoms with E-state index in [0.717, 1.165) is 5.56 Å². The highest BCUT2D eigenvalue weighted by molar-refractivity contribution is 5.89. The number of H-pyrrole nitrogens is 1. The van der Waals surface area contributed by atoms with Crippen molar-refractivity contribution in [3.05, 3.63) is 46.2 Å². The molecule has 0 aliphatic carbocycles. The molecule has 7 heteroatoms. The third-order valence-corrected chi connectivity index (χ3v) is 3.98. The Kier molecular flexibility index (Phi) is 2.99. The van der Waals surface area contributed by atoms with E-state index in [0.29, 0.717) is 33.5 Å². The van der Waals surface area contributed by atoms with Gasteiger partial charge in [-0.25, -0.2) is 4.98 Å². The van der Waals surface area contributed by atoms with Gasteiger partial charge in [0.1, 0.15) is 5.58 Å². The summed E-state index contributed by atoms with van der Waals surface area (Å²) in [6.07, 6.45) is 1.55. The fraction of sp³-hybridized carbons (Fsp3) is 0.235. The molecule has 0 saturated heterocycles.